The Morgan fingerprint density at radius 3 is 2.95 bits per heavy atom. The van der Waals surface area contributed by atoms with Crippen molar-refractivity contribution >= 4 is 6.09 Å². The van der Waals surface area contributed by atoms with Crippen LogP contribution in [0, 0.1) is 0 Å². The van der Waals surface area contributed by atoms with E-state index in [1.165, 1.54) is 4.90 Å². The number of ether oxygens (including phenoxy) is 1. The number of carboxylic acid groups (broad SMARTS) is 1. The van der Waals surface area contributed by atoms with Gasteiger partial charge < -0.3 is 14.9 Å². The molecule has 1 aromatic rings. The molecule has 2 fully saturated rings. The summed E-state index contributed by atoms with van der Waals surface area (Å²) in [6.07, 6.45) is 6.00. The molecule has 3 unspecified atom stereocenters. The Balaban J connectivity index is 1.86. The van der Waals surface area contributed by atoms with E-state index in [9.17, 15) is 15.0 Å². The van der Waals surface area contributed by atoms with Gasteiger partial charge in [-0.3, -0.25) is 4.90 Å². The normalized spacial score (nSPS) is 32.9. The van der Waals surface area contributed by atoms with Crippen LogP contribution >= 0.6 is 0 Å². The lowest BCUT2D eigenvalue weighted by Crippen LogP contribution is -2.53. The Kier molecular flexibility index (Phi) is 4.10. The molecule has 22 heavy (non-hydrogen) atoms. The fraction of sp³-hybridized carbons (Fsp3) is 0.733. The van der Waals surface area contributed by atoms with Crippen LogP contribution in [0.5, 0.6) is 0 Å². The monoisotopic (exact) mass is 309 g/mol. The highest BCUT2D eigenvalue weighted by Crippen LogP contribution is 2.38. The van der Waals surface area contributed by atoms with Gasteiger partial charge in [-0.1, -0.05) is 0 Å². The Morgan fingerprint density at radius 2 is 2.27 bits per heavy atom. The van der Waals surface area contributed by atoms with E-state index in [1.807, 2.05) is 13.1 Å². The van der Waals surface area contributed by atoms with Gasteiger partial charge in [-0.25, -0.2) is 9.48 Å². The van der Waals surface area contributed by atoms with Crippen LogP contribution in [0.25, 0.3) is 0 Å². The van der Waals surface area contributed by atoms with Crippen LogP contribution in [0.4, 0.5) is 4.79 Å². The van der Waals surface area contributed by atoms with Gasteiger partial charge in [0, 0.05) is 31.3 Å². The molecule has 2 aliphatic heterocycles. The van der Waals surface area contributed by atoms with Gasteiger partial charge in [0.05, 0.1) is 17.8 Å². The molecule has 2 N–H and O–H groups in total. The van der Waals surface area contributed by atoms with Crippen molar-refractivity contribution in [3.63, 3.8) is 0 Å². The van der Waals surface area contributed by atoms with Crippen LogP contribution in [0.2, 0.25) is 0 Å². The lowest BCUT2D eigenvalue weighted by atomic mass is 9.82. The molecule has 7 heteroatoms. The molecule has 1 amide bonds. The third-order valence-electron chi connectivity index (χ3n) is 4.82. The second-order valence-corrected chi connectivity index (χ2v) is 6.38. The summed E-state index contributed by atoms with van der Waals surface area (Å²) >= 11 is 0. The van der Waals surface area contributed by atoms with Crippen LogP contribution in [-0.4, -0.2) is 50.2 Å². The highest BCUT2D eigenvalue weighted by molar-refractivity contribution is 5.66. The zero-order valence-electron chi connectivity index (χ0n) is 12.8. The number of carbonyl (C=O) groups is 1. The standard InChI is InChI=1S/C15H23N3O4/c1-15(8-12(19)5-6-17(15)14(20)21)11-9-16-18(10-11)13-4-2-3-7-22-13/h9-10,12-13,19H,2-8H2,1H3,(H,20,21). The van der Waals surface area contributed by atoms with Crippen LogP contribution < -0.4 is 0 Å². The van der Waals surface area contributed by atoms with Crippen LogP contribution in [-0.2, 0) is 10.3 Å². The fourth-order valence-corrected chi connectivity index (χ4v) is 3.48. The zero-order chi connectivity index (χ0) is 15.7. The Hall–Kier alpha value is -1.60. The van der Waals surface area contributed by atoms with Crippen molar-refractivity contribution in [2.45, 2.75) is 56.9 Å². The second-order valence-electron chi connectivity index (χ2n) is 6.38. The fourth-order valence-electron chi connectivity index (χ4n) is 3.48. The predicted molar refractivity (Wildman–Crippen MR) is 78.4 cm³/mol. The third-order valence-corrected chi connectivity index (χ3v) is 4.82. The molecule has 3 heterocycles. The summed E-state index contributed by atoms with van der Waals surface area (Å²) in [7, 11) is 0. The average Bonchev–Trinajstić information content (AvgIpc) is 2.98. The van der Waals surface area contributed by atoms with E-state index < -0.39 is 17.7 Å². The topological polar surface area (TPSA) is 87.8 Å². The van der Waals surface area contributed by atoms with Gasteiger partial charge in [-0.15, -0.1) is 0 Å². The first-order valence-corrected chi connectivity index (χ1v) is 7.85. The molecule has 122 valence electrons. The average molecular weight is 309 g/mol. The SMILES string of the molecule is CC1(c2cnn(C3CCCCO3)c2)CC(O)CCN1C(=O)O. The van der Waals surface area contributed by atoms with Crippen molar-refractivity contribution in [3.8, 4) is 0 Å². The first-order valence-electron chi connectivity index (χ1n) is 7.85. The second kappa shape index (κ2) is 5.89. The predicted octanol–water partition coefficient (Wildman–Crippen LogP) is 1.93. The number of nitrogens with zero attached hydrogens (tertiary/aromatic N) is 3. The quantitative estimate of drug-likeness (QED) is 0.871. The highest BCUT2D eigenvalue weighted by Gasteiger charge is 2.43. The van der Waals surface area contributed by atoms with E-state index in [2.05, 4.69) is 5.10 Å². The molecule has 7 nitrogen and oxygen atoms in total. The van der Waals surface area contributed by atoms with Crippen molar-refractivity contribution < 1.29 is 19.7 Å². The molecule has 2 saturated heterocycles. The molecule has 0 saturated carbocycles. The van der Waals surface area contributed by atoms with Gasteiger partial charge in [0.15, 0.2) is 0 Å². The minimum Gasteiger partial charge on any atom is -0.465 e. The molecule has 2 aliphatic rings. The molecule has 1 aromatic heterocycles. The largest absolute Gasteiger partial charge is 0.465 e. The maximum atomic E-state index is 11.6. The first-order chi connectivity index (χ1) is 10.5. The Bertz CT molecular complexity index is 541. The van der Waals surface area contributed by atoms with Crippen LogP contribution in [0.3, 0.4) is 0 Å². The summed E-state index contributed by atoms with van der Waals surface area (Å²) in [6.45, 7) is 2.92. The minimum absolute atomic E-state index is 0.0714. The van der Waals surface area contributed by atoms with E-state index >= 15 is 0 Å². The molecule has 0 radical (unpaired) electrons. The van der Waals surface area contributed by atoms with Gasteiger partial charge in [-0.2, -0.15) is 5.10 Å². The Morgan fingerprint density at radius 1 is 1.45 bits per heavy atom. The van der Waals surface area contributed by atoms with Gasteiger partial charge in [0.25, 0.3) is 0 Å². The van der Waals surface area contributed by atoms with E-state index in [4.69, 9.17) is 4.74 Å². The van der Waals surface area contributed by atoms with Gasteiger partial charge in [0.1, 0.15) is 6.23 Å². The summed E-state index contributed by atoms with van der Waals surface area (Å²) in [6, 6.07) is 0. The minimum atomic E-state index is -0.962. The smallest absolute Gasteiger partial charge is 0.408 e. The van der Waals surface area contributed by atoms with Crippen molar-refractivity contribution in [1.29, 1.82) is 0 Å². The van der Waals surface area contributed by atoms with Crippen molar-refractivity contribution in [3.05, 3.63) is 18.0 Å². The number of likely N-dealkylation sites (tertiary alicyclic amines) is 1. The van der Waals surface area contributed by atoms with Gasteiger partial charge in [0.2, 0.25) is 0 Å². The molecule has 3 atom stereocenters. The van der Waals surface area contributed by atoms with Gasteiger partial charge in [-0.05, 0) is 32.6 Å². The highest BCUT2D eigenvalue weighted by atomic mass is 16.5. The number of hydrogen-bond acceptors (Lipinski definition) is 4. The van der Waals surface area contributed by atoms with Crippen molar-refractivity contribution in [2.24, 2.45) is 0 Å². The van der Waals surface area contributed by atoms with Crippen molar-refractivity contribution in [2.75, 3.05) is 13.2 Å². The molecule has 0 aliphatic carbocycles. The maximum absolute atomic E-state index is 11.6. The van der Waals surface area contributed by atoms with E-state index in [0.717, 1.165) is 31.4 Å². The number of aliphatic hydroxyl groups excluding tert-OH is 1. The maximum Gasteiger partial charge on any atom is 0.408 e. The van der Waals surface area contributed by atoms with Crippen LogP contribution in [0.15, 0.2) is 12.4 Å². The molecular formula is C15H23N3O4. The number of piperidine rings is 1. The number of aliphatic hydroxyl groups is 1. The summed E-state index contributed by atoms with van der Waals surface area (Å²) in [5, 5.41) is 23.8. The van der Waals surface area contributed by atoms with Crippen LogP contribution in [0.1, 0.15) is 50.8 Å². The summed E-state index contributed by atoms with van der Waals surface area (Å²) in [5.74, 6) is 0. The summed E-state index contributed by atoms with van der Waals surface area (Å²) in [4.78, 5) is 13.0. The van der Waals surface area contributed by atoms with E-state index in [1.54, 1.807) is 10.9 Å². The lowest BCUT2D eigenvalue weighted by molar-refractivity contribution is -0.0399. The summed E-state index contributed by atoms with van der Waals surface area (Å²) < 4.78 is 7.49. The molecular weight excluding hydrogens is 286 g/mol. The Labute approximate surface area is 129 Å². The zero-order valence-corrected chi connectivity index (χ0v) is 12.8. The van der Waals surface area contributed by atoms with E-state index in [-0.39, 0.29) is 6.23 Å². The van der Waals surface area contributed by atoms with E-state index in [0.29, 0.717) is 19.4 Å². The molecule has 0 aromatic carbocycles. The first kappa shape index (κ1) is 15.3. The number of amides is 1. The number of hydrogen-bond donors (Lipinski definition) is 2. The molecule has 0 bridgehead atoms. The molecule has 3 rings (SSSR count). The number of aromatic nitrogens is 2. The lowest BCUT2D eigenvalue weighted by Gasteiger charge is -2.44. The summed E-state index contributed by atoms with van der Waals surface area (Å²) in [5.41, 5.74) is 0.0546. The number of rotatable bonds is 2. The van der Waals surface area contributed by atoms with Crippen molar-refractivity contribution in [1.82, 2.24) is 14.7 Å². The molecule has 0 spiro atoms. The third kappa shape index (κ3) is 2.70. The van der Waals surface area contributed by atoms with Gasteiger partial charge >= 0.3 is 6.09 Å².